The molecule has 0 aliphatic rings. The Labute approximate surface area is 115 Å². The van der Waals surface area contributed by atoms with Crippen LogP contribution >= 0.6 is 11.6 Å². The summed E-state index contributed by atoms with van der Waals surface area (Å²) in [6, 6.07) is 4.16. The molecule has 0 amide bonds. The Bertz CT molecular complexity index is 630. The van der Waals surface area contributed by atoms with E-state index in [2.05, 4.69) is 22.2 Å². The predicted octanol–water partition coefficient (Wildman–Crippen LogP) is 2.12. The summed E-state index contributed by atoms with van der Waals surface area (Å²) in [4.78, 5) is 0. The van der Waals surface area contributed by atoms with Gasteiger partial charge in [0.2, 0.25) is 0 Å². The molecule has 2 aromatic rings. The first-order valence-electron chi connectivity index (χ1n) is 5.51. The van der Waals surface area contributed by atoms with Gasteiger partial charge in [-0.15, -0.1) is 16.7 Å². The van der Waals surface area contributed by atoms with Gasteiger partial charge in [0.1, 0.15) is 23.9 Å². The Morgan fingerprint density at radius 3 is 3.00 bits per heavy atom. The molecule has 0 saturated heterocycles. The lowest BCUT2D eigenvalue weighted by Gasteiger charge is -2.06. The lowest BCUT2D eigenvalue weighted by atomic mass is 10.2. The van der Waals surface area contributed by atoms with E-state index >= 15 is 0 Å². The highest BCUT2D eigenvalue weighted by molar-refractivity contribution is 6.19. The first-order valence-corrected chi connectivity index (χ1v) is 6.05. The normalized spacial score (nSPS) is 9.84. The zero-order valence-corrected chi connectivity index (χ0v) is 11.0. The molecule has 0 aliphatic carbocycles. The van der Waals surface area contributed by atoms with Crippen molar-refractivity contribution in [1.82, 2.24) is 15.0 Å². The second-order valence-corrected chi connectivity index (χ2v) is 4.02. The fourth-order valence-electron chi connectivity index (χ4n) is 1.47. The van der Waals surface area contributed by atoms with E-state index in [1.54, 1.807) is 17.9 Å². The molecule has 0 unspecified atom stereocenters. The van der Waals surface area contributed by atoms with Gasteiger partial charge >= 0.3 is 0 Å². The van der Waals surface area contributed by atoms with Crippen LogP contribution in [0.4, 0.5) is 4.39 Å². The molecule has 0 aliphatic heterocycles. The summed E-state index contributed by atoms with van der Waals surface area (Å²) in [5.74, 6) is 5.73. The zero-order valence-electron chi connectivity index (χ0n) is 10.2. The molecule has 1 aromatic carbocycles. The van der Waals surface area contributed by atoms with Gasteiger partial charge in [-0.3, -0.25) is 4.68 Å². The molecule has 0 radical (unpaired) electrons. The van der Waals surface area contributed by atoms with Crippen LogP contribution in [0.2, 0.25) is 0 Å². The Balaban J connectivity index is 2.15. The highest BCUT2D eigenvalue weighted by atomic mass is 35.5. The second kappa shape index (κ2) is 6.21. The van der Waals surface area contributed by atoms with Gasteiger partial charge in [0.25, 0.3) is 0 Å². The molecule has 0 fully saturated rings. The average Bonchev–Trinajstić information content (AvgIpc) is 2.81. The molecular weight excluding hydrogens is 269 g/mol. The Morgan fingerprint density at radius 2 is 2.32 bits per heavy atom. The highest BCUT2D eigenvalue weighted by Crippen LogP contribution is 2.19. The summed E-state index contributed by atoms with van der Waals surface area (Å²) < 4.78 is 20.3. The van der Waals surface area contributed by atoms with E-state index in [4.69, 9.17) is 16.3 Å². The van der Waals surface area contributed by atoms with Gasteiger partial charge in [-0.1, -0.05) is 17.1 Å². The van der Waals surface area contributed by atoms with Gasteiger partial charge in [-0.2, -0.15) is 0 Å². The van der Waals surface area contributed by atoms with Crippen LogP contribution in [-0.4, -0.2) is 20.9 Å². The molecule has 98 valence electrons. The zero-order chi connectivity index (χ0) is 13.7. The van der Waals surface area contributed by atoms with Crippen molar-refractivity contribution >= 4 is 11.6 Å². The molecule has 1 heterocycles. The maximum atomic E-state index is 13.2. The van der Waals surface area contributed by atoms with Crippen LogP contribution in [0.5, 0.6) is 5.75 Å². The van der Waals surface area contributed by atoms with Crippen molar-refractivity contribution in [2.24, 2.45) is 7.05 Å². The maximum absolute atomic E-state index is 13.2. The van der Waals surface area contributed by atoms with Crippen LogP contribution in [-0.2, 0) is 13.7 Å². The molecule has 0 bridgehead atoms. The Kier molecular flexibility index (Phi) is 4.37. The number of benzene rings is 1. The molecule has 4 nitrogen and oxygen atoms in total. The van der Waals surface area contributed by atoms with E-state index in [-0.39, 0.29) is 18.3 Å². The van der Waals surface area contributed by atoms with Gasteiger partial charge in [0, 0.05) is 7.05 Å². The van der Waals surface area contributed by atoms with Crippen molar-refractivity contribution in [2.75, 3.05) is 5.88 Å². The third-order valence-corrected chi connectivity index (χ3v) is 2.39. The minimum Gasteiger partial charge on any atom is -0.486 e. The summed E-state index contributed by atoms with van der Waals surface area (Å²) in [7, 11) is 1.77. The third kappa shape index (κ3) is 3.70. The van der Waals surface area contributed by atoms with E-state index in [0.717, 1.165) is 0 Å². The van der Waals surface area contributed by atoms with Crippen LogP contribution in [0, 0.1) is 17.7 Å². The molecule has 0 N–H and O–H groups in total. The van der Waals surface area contributed by atoms with E-state index in [1.807, 2.05) is 0 Å². The SMILES string of the molecule is Cn1cc(COc2ccc(F)cc2C#CCCl)nn1. The van der Waals surface area contributed by atoms with E-state index in [9.17, 15) is 4.39 Å². The van der Waals surface area contributed by atoms with Crippen LogP contribution in [0.25, 0.3) is 0 Å². The number of aromatic nitrogens is 3. The number of hydrogen-bond donors (Lipinski definition) is 0. The molecular formula is C13H11ClFN3O. The first-order chi connectivity index (χ1) is 9.19. The standard InChI is InChI=1S/C13H11ClFN3O/c1-18-8-12(16-17-18)9-19-13-5-4-11(15)7-10(13)3-2-6-14/h4-5,7-8H,6,9H2,1H3. The van der Waals surface area contributed by atoms with Crippen molar-refractivity contribution in [1.29, 1.82) is 0 Å². The summed E-state index contributed by atoms with van der Waals surface area (Å²) in [6.07, 6.45) is 1.74. The number of nitrogens with zero attached hydrogens (tertiary/aromatic N) is 3. The lowest BCUT2D eigenvalue weighted by Crippen LogP contribution is -1.98. The smallest absolute Gasteiger partial charge is 0.135 e. The molecule has 19 heavy (non-hydrogen) atoms. The summed E-state index contributed by atoms with van der Waals surface area (Å²) in [6.45, 7) is 0.245. The molecule has 1 aromatic heterocycles. The topological polar surface area (TPSA) is 39.9 Å². The van der Waals surface area contributed by atoms with Crippen LogP contribution < -0.4 is 4.74 Å². The minimum atomic E-state index is -0.370. The molecule has 6 heteroatoms. The number of ether oxygens (including phenoxy) is 1. The van der Waals surface area contributed by atoms with Crippen LogP contribution in [0.3, 0.4) is 0 Å². The van der Waals surface area contributed by atoms with Crippen molar-refractivity contribution in [3.63, 3.8) is 0 Å². The lowest BCUT2D eigenvalue weighted by molar-refractivity contribution is 0.300. The number of aryl methyl sites for hydroxylation is 1. The van der Waals surface area contributed by atoms with Gasteiger partial charge in [-0.05, 0) is 18.2 Å². The predicted molar refractivity (Wildman–Crippen MR) is 69.3 cm³/mol. The van der Waals surface area contributed by atoms with Gasteiger partial charge in [-0.25, -0.2) is 4.39 Å². The van der Waals surface area contributed by atoms with E-state index in [0.29, 0.717) is 17.0 Å². The van der Waals surface area contributed by atoms with Crippen LogP contribution in [0.15, 0.2) is 24.4 Å². The fourth-order valence-corrected chi connectivity index (χ4v) is 1.53. The number of rotatable bonds is 3. The van der Waals surface area contributed by atoms with Crippen molar-refractivity contribution < 1.29 is 9.13 Å². The first kappa shape index (κ1) is 13.4. The van der Waals surface area contributed by atoms with Crippen molar-refractivity contribution in [3.05, 3.63) is 41.5 Å². The summed E-state index contributed by atoms with van der Waals surface area (Å²) in [5.41, 5.74) is 1.15. The Morgan fingerprint density at radius 1 is 1.47 bits per heavy atom. The molecule has 0 atom stereocenters. The number of alkyl halides is 1. The molecule has 0 spiro atoms. The van der Waals surface area contributed by atoms with E-state index < -0.39 is 0 Å². The quantitative estimate of drug-likeness (QED) is 0.638. The summed E-state index contributed by atoms with van der Waals surface area (Å²) >= 11 is 5.49. The van der Waals surface area contributed by atoms with Crippen molar-refractivity contribution in [2.45, 2.75) is 6.61 Å². The summed E-state index contributed by atoms with van der Waals surface area (Å²) in [5, 5.41) is 7.69. The molecule has 2 rings (SSSR count). The van der Waals surface area contributed by atoms with Crippen LogP contribution in [0.1, 0.15) is 11.3 Å². The Hall–Kier alpha value is -2.06. The minimum absolute atomic E-state index is 0.181. The highest BCUT2D eigenvalue weighted by Gasteiger charge is 2.05. The largest absolute Gasteiger partial charge is 0.486 e. The second-order valence-electron chi connectivity index (χ2n) is 3.75. The van der Waals surface area contributed by atoms with Gasteiger partial charge in [0.15, 0.2) is 0 Å². The average molecular weight is 280 g/mol. The van der Waals surface area contributed by atoms with Gasteiger partial charge in [0.05, 0.1) is 17.6 Å². The number of hydrogen-bond acceptors (Lipinski definition) is 3. The fraction of sp³-hybridized carbons (Fsp3) is 0.231. The van der Waals surface area contributed by atoms with Crippen molar-refractivity contribution in [3.8, 4) is 17.6 Å². The number of halogens is 2. The third-order valence-electron chi connectivity index (χ3n) is 2.26. The van der Waals surface area contributed by atoms with Gasteiger partial charge < -0.3 is 4.74 Å². The monoisotopic (exact) mass is 279 g/mol. The van der Waals surface area contributed by atoms with E-state index in [1.165, 1.54) is 18.2 Å². The molecule has 0 saturated carbocycles. The maximum Gasteiger partial charge on any atom is 0.135 e.